The molecule has 7 heteroatoms. The third-order valence-electron chi connectivity index (χ3n) is 1.54. The molecule has 0 aliphatic heterocycles. The molecule has 0 aromatic carbocycles. The smallest absolute Gasteiger partial charge is 0.353 e. The topological polar surface area (TPSA) is 37.8 Å². The first-order valence-corrected chi connectivity index (χ1v) is 5.56. The Labute approximate surface area is 89.5 Å². The van der Waals surface area contributed by atoms with Crippen LogP contribution in [0.4, 0.5) is 19.1 Å². The summed E-state index contributed by atoms with van der Waals surface area (Å²) in [7, 11) is 0. The molecule has 84 valence electrons. The van der Waals surface area contributed by atoms with Crippen molar-refractivity contribution >= 4 is 17.7 Å². The number of nitrogens with one attached hydrogen (secondary N) is 1. The van der Waals surface area contributed by atoms with E-state index < -0.39 is 11.9 Å². The Morgan fingerprint density at radius 3 is 2.80 bits per heavy atom. The van der Waals surface area contributed by atoms with E-state index >= 15 is 0 Å². The minimum Gasteiger partial charge on any atom is -0.353 e. The van der Waals surface area contributed by atoms with E-state index in [4.69, 9.17) is 0 Å². The molecule has 15 heavy (non-hydrogen) atoms. The van der Waals surface area contributed by atoms with Gasteiger partial charge in [-0.05, 0) is 12.3 Å². The maximum atomic E-state index is 12.2. The molecule has 1 rings (SSSR count). The fraction of sp³-hybridized carbons (Fsp3) is 0.500. The van der Waals surface area contributed by atoms with E-state index in [0.29, 0.717) is 6.54 Å². The van der Waals surface area contributed by atoms with Gasteiger partial charge in [-0.25, -0.2) is 9.97 Å². The summed E-state index contributed by atoms with van der Waals surface area (Å²) < 4.78 is 36.7. The van der Waals surface area contributed by atoms with Crippen molar-refractivity contribution in [3.63, 3.8) is 0 Å². The van der Waals surface area contributed by atoms with Crippen molar-refractivity contribution in [2.45, 2.75) is 6.18 Å². The molecule has 1 N–H and O–H groups in total. The second-order valence-corrected chi connectivity index (χ2v) is 3.67. The highest BCUT2D eigenvalue weighted by Gasteiger charge is 2.32. The van der Waals surface area contributed by atoms with E-state index in [0.717, 1.165) is 18.0 Å². The summed E-state index contributed by atoms with van der Waals surface area (Å²) in [5.74, 6) is 0.804. The van der Waals surface area contributed by atoms with Crippen molar-refractivity contribution in [2.75, 3.05) is 23.9 Å². The minimum atomic E-state index is -4.42. The number of nitrogens with zero attached hydrogens (tertiary/aromatic N) is 2. The van der Waals surface area contributed by atoms with E-state index in [-0.39, 0.29) is 5.95 Å². The van der Waals surface area contributed by atoms with Gasteiger partial charge in [0.15, 0.2) is 0 Å². The van der Waals surface area contributed by atoms with Crippen LogP contribution in [0.15, 0.2) is 12.3 Å². The second-order valence-electron chi connectivity index (χ2n) is 2.68. The molecule has 0 saturated carbocycles. The molecule has 0 unspecified atom stereocenters. The highest BCUT2D eigenvalue weighted by Crippen LogP contribution is 2.27. The molecule has 1 aromatic heterocycles. The van der Waals surface area contributed by atoms with Gasteiger partial charge in [-0.2, -0.15) is 24.9 Å². The lowest BCUT2D eigenvalue weighted by Gasteiger charge is -2.07. The Bertz CT molecular complexity index is 316. The number of aromatic nitrogens is 2. The summed E-state index contributed by atoms with van der Waals surface area (Å²) in [6, 6.07) is 0.847. The first kappa shape index (κ1) is 12.1. The zero-order chi connectivity index (χ0) is 11.3. The molecule has 0 aliphatic carbocycles. The Morgan fingerprint density at radius 1 is 1.47 bits per heavy atom. The van der Waals surface area contributed by atoms with Crippen LogP contribution in [0, 0.1) is 0 Å². The summed E-state index contributed by atoms with van der Waals surface area (Å²) >= 11 is 1.59. The third kappa shape index (κ3) is 3.94. The van der Waals surface area contributed by atoms with Gasteiger partial charge in [0.1, 0.15) is 5.69 Å². The molecule has 0 amide bonds. The van der Waals surface area contributed by atoms with E-state index in [2.05, 4.69) is 15.3 Å². The van der Waals surface area contributed by atoms with Gasteiger partial charge in [-0.3, -0.25) is 0 Å². The van der Waals surface area contributed by atoms with Crippen molar-refractivity contribution in [3.05, 3.63) is 18.0 Å². The largest absolute Gasteiger partial charge is 0.433 e. The quantitative estimate of drug-likeness (QED) is 0.815. The summed E-state index contributed by atoms with van der Waals surface area (Å²) in [4.78, 5) is 7.05. The van der Waals surface area contributed by atoms with Crippen molar-refractivity contribution in [3.8, 4) is 0 Å². The van der Waals surface area contributed by atoms with Crippen LogP contribution in [-0.4, -0.2) is 28.5 Å². The molecule has 0 fully saturated rings. The first-order valence-electron chi connectivity index (χ1n) is 4.17. The van der Waals surface area contributed by atoms with Gasteiger partial charge in [0.05, 0.1) is 0 Å². The molecule has 0 radical (unpaired) electrons. The average molecular weight is 237 g/mol. The second kappa shape index (κ2) is 5.20. The molecule has 1 aromatic rings. The molecular weight excluding hydrogens is 227 g/mol. The van der Waals surface area contributed by atoms with Crippen LogP contribution in [0.3, 0.4) is 0 Å². The number of rotatable bonds is 4. The minimum absolute atomic E-state index is 0.0128. The number of halogens is 3. The maximum absolute atomic E-state index is 12.2. The molecule has 1 heterocycles. The number of hydrogen-bond acceptors (Lipinski definition) is 4. The van der Waals surface area contributed by atoms with Crippen LogP contribution in [-0.2, 0) is 6.18 Å². The molecule has 0 spiro atoms. The first-order chi connectivity index (χ1) is 7.04. The Morgan fingerprint density at radius 2 is 2.20 bits per heavy atom. The van der Waals surface area contributed by atoms with Crippen molar-refractivity contribution in [1.82, 2.24) is 9.97 Å². The predicted octanol–water partition coefficient (Wildman–Crippen LogP) is 2.27. The highest BCUT2D eigenvalue weighted by molar-refractivity contribution is 7.98. The number of hydrogen-bond donors (Lipinski definition) is 1. The van der Waals surface area contributed by atoms with Gasteiger partial charge < -0.3 is 5.32 Å². The van der Waals surface area contributed by atoms with Crippen LogP contribution < -0.4 is 5.32 Å². The van der Waals surface area contributed by atoms with Gasteiger partial charge in [-0.15, -0.1) is 0 Å². The van der Waals surface area contributed by atoms with Crippen LogP contribution in [0.25, 0.3) is 0 Å². The van der Waals surface area contributed by atoms with Crippen LogP contribution in [0.5, 0.6) is 0 Å². The summed E-state index contributed by atoms with van der Waals surface area (Å²) in [5.41, 5.74) is -0.927. The lowest BCUT2D eigenvalue weighted by molar-refractivity contribution is -0.141. The van der Waals surface area contributed by atoms with E-state index in [1.807, 2.05) is 6.26 Å². The maximum Gasteiger partial charge on any atom is 0.433 e. The Hall–Kier alpha value is -0.980. The zero-order valence-electron chi connectivity index (χ0n) is 8.01. The fourth-order valence-corrected chi connectivity index (χ4v) is 1.17. The monoisotopic (exact) mass is 237 g/mol. The SMILES string of the molecule is CSCCNc1nccc(C(F)(F)F)n1. The number of thioether (sulfide) groups is 1. The third-order valence-corrected chi connectivity index (χ3v) is 2.15. The standard InChI is InChI=1S/C8H10F3N3S/c1-15-5-4-13-7-12-3-2-6(14-7)8(9,10)11/h2-3H,4-5H2,1H3,(H,12,13,14). The average Bonchev–Trinajstić information content (AvgIpc) is 2.17. The molecule has 0 atom stereocenters. The molecular formula is C8H10F3N3S. The van der Waals surface area contributed by atoms with Crippen LogP contribution >= 0.6 is 11.8 Å². The zero-order valence-corrected chi connectivity index (χ0v) is 8.82. The van der Waals surface area contributed by atoms with Crippen molar-refractivity contribution in [2.24, 2.45) is 0 Å². The van der Waals surface area contributed by atoms with Gasteiger partial charge in [-0.1, -0.05) is 0 Å². The Kier molecular flexibility index (Phi) is 4.19. The van der Waals surface area contributed by atoms with Gasteiger partial charge in [0.25, 0.3) is 0 Å². The summed E-state index contributed by atoms with van der Waals surface area (Å²) in [5, 5.41) is 2.72. The predicted molar refractivity (Wildman–Crippen MR) is 53.9 cm³/mol. The van der Waals surface area contributed by atoms with Gasteiger partial charge in [0.2, 0.25) is 5.95 Å². The molecule has 0 bridgehead atoms. The normalized spacial score (nSPS) is 11.5. The fourth-order valence-electron chi connectivity index (χ4n) is 0.867. The lowest BCUT2D eigenvalue weighted by atomic mass is 10.4. The molecule has 0 saturated heterocycles. The lowest BCUT2D eigenvalue weighted by Crippen LogP contribution is -2.12. The van der Waals surface area contributed by atoms with Crippen LogP contribution in [0.2, 0.25) is 0 Å². The molecule has 3 nitrogen and oxygen atoms in total. The summed E-state index contributed by atoms with van der Waals surface area (Å²) in [6.45, 7) is 0.544. The van der Waals surface area contributed by atoms with E-state index in [9.17, 15) is 13.2 Å². The van der Waals surface area contributed by atoms with Gasteiger partial charge >= 0.3 is 6.18 Å². The summed E-state index contributed by atoms with van der Waals surface area (Å²) in [6.07, 6.45) is -1.41. The van der Waals surface area contributed by atoms with Crippen molar-refractivity contribution < 1.29 is 13.2 Å². The van der Waals surface area contributed by atoms with Crippen molar-refractivity contribution in [1.29, 1.82) is 0 Å². The van der Waals surface area contributed by atoms with E-state index in [1.54, 1.807) is 11.8 Å². The number of anilines is 1. The highest BCUT2D eigenvalue weighted by atomic mass is 32.2. The molecule has 0 aliphatic rings. The Balaban J connectivity index is 2.66. The van der Waals surface area contributed by atoms with E-state index in [1.165, 1.54) is 0 Å². The number of alkyl halides is 3. The van der Waals surface area contributed by atoms with Gasteiger partial charge in [0, 0.05) is 18.5 Å². The van der Waals surface area contributed by atoms with Crippen LogP contribution in [0.1, 0.15) is 5.69 Å².